The van der Waals surface area contributed by atoms with Crippen LogP contribution in [0, 0.1) is 30.6 Å². The van der Waals surface area contributed by atoms with Gasteiger partial charge in [-0.1, -0.05) is 43.2 Å². The topological polar surface area (TPSA) is 54.5 Å². The second-order valence-electron chi connectivity index (χ2n) is 9.01. The van der Waals surface area contributed by atoms with Crippen molar-refractivity contribution in [1.29, 1.82) is 0 Å². The lowest BCUT2D eigenvalue weighted by Gasteiger charge is -2.36. The minimum absolute atomic E-state index is 0.0167. The van der Waals surface area contributed by atoms with Crippen LogP contribution in [0.25, 0.3) is 6.08 Å². The van der Waals surface area contributed by atoms with Crippen LogP contribution in [-0.4, -0.2) is 30.4 Å². The number of hydrogen-bond acceptors (Lipinski definition) is 3. The van der Waals surface area contributed by atoms with Crippen molar-refractivity contribution in [3.8, 4) is 0 Å². The number of rotatable bonds is 2. The minimum atomic E-state index is -3.55. The molecule has 26 heavy (non-hydrogen) atoms. The number of sulfonamides is 1. The molecule has 3 aliphatic rings. The number of benzene rings is 1. The zero-order valence-corrected chi connectivity index (χ0v) is 16.8. The predicted octanol–water partition coefficient (Wildman–Crippen LogP) is 3.68. The monoisotopic (exact) mass is 373 g/mol. The van der Waals surface area contributed by atoms with Gasteiger partial charge in [0.05, 0.1) is 11.8 Å². The van der Waals surface area contributed by atoms with E-state index in [0.717, 1.165) is 36.0 Å². The van der Waals surface area contributed by atoms with Crippen molar-refractivity contribution in [3.63, 3.8) is 0 Å². The Morgan fingerprint density at radius 3 is 2.46 bits per heavy atom. The molecular formula is C21H27NO3S. The van der Waals surface area contributed by atoms with E-state index in [1.54, 1.807) is 6.08 Å². The lowest BCUT2D eigenvalue weighted by molar-refractivity contribution is -0.123. The summed E-state index contributed by atoms with van der Waals surface area (Å²) >= 11 is 0. The van der Waals surface area contributed by atoms with Crippen molar-refractivity contribution >= 4 is 22.0 Å². The normalized spacial score (nSPS) is 33.8. The number of aryl methyl sites for hydroxylation is 2. The van der Waals surface area contributed by atoms with Crippen LogP contribution in [0.2, 0.25) is 0 Å². The van der Waals surface area contributed by atoms with E-state index in [0.29, 0.717) is 5.92 Å². The standard InChI is InChI=1S/C21H27NO3S/c1-14-9-15(2)11-16(10-14)5-6-19(23)22-18-12-17-7-8-21(18,20(17,3)4)13-26(22,24)25/h5-6,9-11,17-18H,7-8,12-13H2,1-4H3/t17-,18-,21+/m0/s1. The molecule has 1 aliphatic heterocycles. The van der Waals surface area contributed by atoms with Crippen LogP contribution in [0.4, 0.5) is 0 Å². The van der Waals surface area contributed by atoms with Crippen LogP contribution >= 0.6 is 0 Å². The summed E-state index contributed by atoms with van der Waals surface area (Å²) in [6.45, 7) is 8.41. The maximum absolute atomic E-state index is 12.9. The molecule has 1 spiro atoms. The van der Waals surface area contributed by atoms with E-state index in [1.807, 2.05) is 26.0 Å². The Morgan fingerprint density at radius 1 is 1.19 bits per heavy atom. The highest BCUT2D eigenvalue weighted by molar-refractivity contribution is 7.90. The van der Waals surface area contributed by atoms with Crippen molar-refractivity contribution in [3.05, 3.63) is 41.0 Å². The van der Waals surface area contributed by atoms with Gasteiger partial charge in [-0.25, -0.2) is 12.7 Å². The Hall–Kier alpha value is -1.62. The van der Waals surface area contributed by atoms with Gasteiger partial charge in [-0.05, 0) is 56.1 Å². The molecule has 2 saturated carbocycles. The zero-order valence-electron chi connectivity index (χ0n) is 16.0. The summed E-state index contributed by atoms with van der Waals surface area (Å²) in [6, 6.07) is 5.90. The van der Waals surface area contributed by atoms with E-state index in [-0.39, 0.29) is 22.6 Å². The van der Waals surface area contributed by atoms with Crippen LogP contribution in [-0.2, 0) is 14.8 Å². The number of hydrogen-bond donors (Lipinski definition) is 0. The largest absolute Gasteiger partial charge is 0.269 e. The highest BCUT2D eigenvalue weighted by atomic mass is 32.2. The Balaban J connectivity index is 1.65. The van der Waals surface area contributed by atoms with Gasteiger partial charge in [0.2, 0.25) is 10.0 Å². The average molecular weight is 374 g/mol. The van der Waals surface area contributed by atoms with Gasteiger partial charge in [0.25, 0.3) is 5.91 Å². The number of carbonyl (C=O) groups is 1. The van der Waals surface area contributed by atoms with Crippen LogP contribution < -0.4 is 0 Å². The van der Waals surface area contributed by atoms with E-state index in [2.05, 4.69) is 19.9 Å². The first-order valence-electron chi connectivity index (χ1n) is 9.39. The summed E-state index contributed by atoms with van der Waals surface area (Å²) in [7, 11) is -3.55. The number of amides is 1. The van der Waals surface area contributed by atoms with Gasteiger partial charge in [-0.2, -0.15) is 0 Å². The molecule has 1 saturated heterocycles. The van der Waals surface area contributed by atoms with Gasteiger partial charge in [0.1, 0.15) is 0 Å². The molecule has 0 radical (unpaired) electrons. The number of fused-ring (bicyclic) bond motifs is 1. The predicted molar refractivity (Wildman–Crippen MR) is 103 cm³/mol. The fraction of sp³-hybridized carbons (Fsp3) is 0.571. The van der Waals surface area contributed by atoms with Crippen LogP contribution in [0.5, 0.6) is 0 Å². The first-order valence-corrected chi connectivity index (χ1v) is 11.0. The molecule has 4 nitrogen and oxygen atoms in total. The molecule has 2 aliphatic carbocycles. The molecule has 0 aromatic heterocycles. The Kier molecular flexibility index (Phi) is 3.72. The van der Waals surface area contributed by atoms with E-state index >= 15 is 0 Å². The van der Waals surface area contributed by atoms with E-state index < -0.39 is 15.9 Å². The van der Waals surface area contributed by atoms with Crippen molar-refractivity contribution in [2.24, 2.45) is 16.7 Å². The molecule has 0 N–H and O–H groups in total. The van der Waals surface area contributed by atoms with E-state index in [9.17, 15) is 13.2 Å². The molecule has 3 fully saturated rings. The average Bonchev–Trinajstić information content (AvgIpc) is 2.99. The molecule has 0 unspecified atom stereocenters. The molecule has 5 heteroatoms. The Labute approximate surface area is 156 Å². The Bertz CT molecular complexity index is 895. The third kappa shape index (κ3) is 2.32. The molecule has 2 bridgehead atoms. The molecule has 1 aromatic rings. The van der Waals surface area contributed by atoms with Gasteiger partial charge in [-0.15, -0.1) is 0 Å². The number of carbonyl (C=O) groups excluding carboxylic acids is 1. The SMILES string of the molecule is Cc1cc(C)cc(C=CC(=O)N2[C@H]3C[C@@H]4CC[C@]3(CS2(=O)=O)C4(C)C)c1. The molecule has 1 heterocycles. The molecule has 140 valence electrons. The first-order chi connectivity index (χ1) is 12.1. The molecule has 3 atom stereocenters. The second kappa shape index (κ2) is 5.44. The molecule has 1 amide bonds. The fourth-order valence-corrected chi connectivity index (χ4v) is 8.44. The van der Waals surface area contributed by atoms with Gasteiger partial charge >= 0.3 is 0 Å². The van der Waals surface area contributed by atoms with Crippen LogP contribution in [0.3, 0.4) is 0 Å². The van der Waals surface area contributed by atoms with Gasteiger partial charge in [0.15, 0.2) is 0 Å². The van der Waals surface area contributed by atoms with Crippen LogP contribution in [0.15, 0.2) is 24.3 Å². The third-order valence-corrected chi connectivity index (χ3v) is 9.20. The number of nitrogens with zero attached hydrogens (tertiary/aromatic N) is 1. The van der Waals surface area contributed by atoms with E-state index in [4.69, 9.17) is 0 Å². The molecule has 1 aromatic carbocycles. The maximum atomic E-state index is 12.9. The van der Waals surface area contributed by atoms with Crippen molar-refractivity contribution in [2.45, 2.75) is 53.0 Å². The van der Waals surface area contributed by atoms with Crippen molar-refractivity contribution in [2.75, 3.05) is 5.75 Å². The minimum Gasteiger partial charge on any atom is -0.269 e. The quantitative estimate of drug-likeness (QED) is 0.743. The fourth-order valence-electron chi connectivity index (χ4n) is 5.93. The summed E-state index contributed by atoms with van der Waals surface area (Å²) in [5.41, 5.74) is 2.90. The lowest BCUT2D eigenvalue weighted by atomic mass is 9.69. The summed E-state index contributed by atoms with van der Waals surface area (Å²) in [5, 5.41) is 0. The van der Waals surface area contributed by atoms with Crippen molar-refractivity contribution in [1.82, 2.24) is 4.31 Å². The molecular weight excluding hydrogens is 346 g/mol. The summed E-state index contributed by atoms with van der Waals surface area (Å²) < 4.78 is 27.0. The van der Waals surface area contributed by atoms with Gasteiger partial charge in [0, 0.05) is 11.5 Å². The third-order valence-electron chi connectivity index (χ3n) is 7.29. The van der Waals surface area contributed by atoms with Gasteiger partial charge < -0.3 is 0 Å². The summed E-state index contributed by atoms with van der Waals surface area (Å²) in [6.07, 6.45) is 5.99. The summed E-state index contributed by atoms with van der Waals surface area (Å²) in [5.74, 6) is 0.244. The lowest BCUT2D eigenvalue weighted by Crippen LogP contribution is -2.43. The second-order valence-corrected chi connectivity index (χ2v) is 10.9. The van der Waals surface area contributed by atoms with Crippen molar-refractivity contribution < 1.29 is 13.2 Å². The summed E-state index contributed by atoms with van der Waals surface area (Å²) in [4.78, 5) is 12.9. The zero-order chi connectivity index (χ0) is 18.9. The Morgan fingerprint density at radius 2 is 1.85 bits per heavy atom. The first kappa shape index (κ1) is 17.8. The maximum Gasteiger partial charge on any atom is 0.260 e. The van der Waals surface area contributed by atoms with E-state index in [1.165, 1.54) is 10.4 Å². The van der Waals surface area contributed by atoms with Crippen LogP contribution in [0.1, 0.15) is 49.8 Å². The highest BCUT2D eigenvalue weighted by Crippen LogP contribution is 2.69. The highest BCUT2D eigenvalue weighted by Gasteiger charge is 2.72. The smallest absolute Gasteiger partial charge is 0.260 e. The van der Waals surface area contributed by atoms with Gasteiger partial charge in [-0.3, -0.25) is 4.79 Å². The molecule has 4 rings (SSSR count).